The first-order valence-electron chi connectivity index (χ1n) is 5.51. The smallest absolute Gasteiger partial charge is 0.243 e. The van der Waals surface area contributed by atoms with Crippen molar-refractivity contribution < 1.29 is 18.0 Å². The van der Waals surface area contributed by atoms with Crippen LogP contribution in [0.3, 0.4) is 0 Å². The van der Waals surface area contributed by atoms with Crippen molar-refractivity contribution in [1.29, 1.82) is 0 Å². The number of thiocarbonyl (C=S) groups is 1. The lowest BCUT2D eigenvalue weighted by Crippen LogP contribution is -2.39. The van der Waals surface area contributed by atoms with E-state index in [4.69, 9.17) is 12.2 Å². The third kappa shape index (κ3) is 4.54. The van der Waals surface area contributed by atoms with Gasteiger partial charge in [-0.05, 0) is 24.4 Å². The largest absolute Gasteiger partial charge is 0.359 e. The summed E-state index contributed by atoms with van der Waals surface area (Å²) in [6, 6.07) is 1.65. The molecule has 0 saturated heterocycles. The van der Waals surface area contributed by atoms with Crippen LogP contribution in [0.2, 0.25) is 0 Å². The van der Waals surface area contributed by atoms with Crippen molar-refractivity contribution >= 4 is 28.9 Å². The number of carbonyl (C=O) groups is 1. The monoisotopic (exact) mass is 303 g/mol. The highest BCUT2D eigenvalue weighted by atomic mass is 32.1. The summed E-state index contributed by atoms with van der Waals surface area (Å²) in [5, 5.41) is 7.58. The van der Waals surface area contributed by atoms with Crippen LogP contribution >= 0.6 is 12.2 Å². The molecule has 4 nitrogen and oxygen atoms in total. The van der Waals surface area contributed by atoms with Crippen molar-refractivity contribution in [3.05, 3.63) is 42.2 Å². The molecule has 0 heterocycles. The molecule has 20 heavy (non-hydrogen) atoms. The molecule has 0 aliphatic rings. The predicted molar refractivity (Wildman–Crippen MR) is 73.7 cm³/mol. The van der Waals surface area contributed by atoms with Gasteiger partial charge in [0.15, 0.2) is 22.6 Å². The van der Waals surface area contributed by atoms with Gasteiger partial charge in [-0.25, -0.2) is 13.2 Å². The SMILES string of the molecule is C=CCNC(=S)NCC(=O)Nc1ccc(F)c(F)c1F. The maximum absolute atomic E-state index is 13.3. The van der Waals surface area contributed by atoms with Gasteiger partial charge in [0.1, 0.15) is 0 Å². The molecule has 0 aromatic heterocycles. The Morgan fingerprint density at radius 3 is 2.60 bits per heavy atom. The summed E-state index contributed by atoms with van der Waals surface area (Å²) in [6.07, 6.45) is 1.57. The average Bonchev–Trinajstić information content (AvgIpc) is 2.43. The van der Waals surface area contributed by atoms with Gasteiger partial charge in [0.2, 0.25) is 5.91 Å². The fraction of sp³-hybridized carbons (Fsp3) is 0.167. The number of nitrogens with one attached hydrogen (secondary N) is 3. The zero-order valence-electron chi connectivity index (χ0n) is 10.3. The van der Waals surface area contributed by atoms with Gasteiger partial charge in [-0.2, -0.15) is 0 Å². The molecule has 108 valence electrons. The second-order valence-electron chi connectivity index (χ2n) is 3.62. The van der Waals surface area contributed by atoms with Gasteiger partial charge < -0.3 is 16.0 Å². The number of halogens is 3. The Balaban J connectivity index is 2.53. The van der Waals surface area contributed by atoms with Crippen molar-refractivity contribution in [2.24, 2.45) is 0 Å². The van der Waals surface area contributed by atoms with Crippen LogP contribution in [0.15, 0.2) is 24.8 Å². The normalized spacial score (nSPS) is 9.75. The number of hydrogen-bond acceptors (Lipinski definition) is 2. The topological polar surface area (TPSA) is 53.2 Å². The molecule has 0 unspecified atom stereocenters. The minimum Gasteiger partial charge on any atom is -0.359 e. The van der Waals surface area contributed by atoms with E-state index in [0.717, 1.165) is 12.1 Å². The van der Waals surface area contributed by atoms with Gasteiger partial charge in [0.25, 0.3) is 0 Å². The van der Waals surface area contributed by atoms with Crippen LogP contribution in [0.1, 0.15) is 0 Å². The first-order chi connectivity index (χ1) is 9.45. The Kier molecular flexibility index (Phi) is 5.98. The molecule has 0 spiro atoms. The number of rotatable bonds is 5. The van der Waals surface area contributed by atoms with Crippen molar-refractivity contribution in [1.82, 2.24) is 10.6 Å². The maximum Gasteiger partial charge on any atom is 0.243 e. The van der Waals surface area contributed by atoms with Crippen molar-refractivity contribution in [2.45, 2.75) is 0 Å². The minimum atomic E-state index is -1.64. The van der Waals surface area contributed by atoms with E-state index in [0.29, 0.717) is 6.54 Å². The van der Waals surface area contributed by atoms with Crippen LogP contribution in [-0.2, 0) is 4.79 Å². The third-order valence-corrected chi connectivity index (χ3v) is 2.41. The fourth-order valence-electron chi connectivity index (χ4n) is 1.20. The van der Waals surface area contributed by atoms with Crippen LogP contribution < -0.4 is 16.0 Å². The van der Waals surface area contributed by atoms with E-state index in [1.165, 1.54) is 0 Å². The molecule has 0 fully saturated rings. The van der Waals surface area contributed by atoms with Gasteiger partial charge in [0, 0.05) is 6.54 Å². The number of hydrogen-bond donors (Lipinski definition) is 3. The molecule has 3 N–H and O–H groups in total. The van der Waals surface area contributed by atoms with E-state index in [2.05, 4.69) is 22.5 Å². The van der Waals surface area contributed by atoms with Gasteiger partial charge >= 0.3 is 0 Å². The van der Waals surface area contributed by atoms with Crippen molar-refractivity contribution in [3.63, 3.8) is 0 Å². The lowest BCUT2D eigenvalue weighted by Gasteiger charge is -2.10. The number of amides is 1. The zero-order valence-corrected chi connectivity index (χ0v) is 11.1. The zero-order chi connectivity index (χ0) is 15.1. The first kappa shape index (κ1) is 16.0. The summed E-state index contributed by atoms with van der Waals surface area (Å²) in [5.74, 6) is -5.07. The molecule has 1 rings (SSSR count). The highest BCUT2D eigenvalue weighted by molar-refractivity contribution is 7.80. The van der Waals surface area contributed by atoms with Gasteiger partial charge in [-0.1, -0.05) is 6.08 Å². The summed E-state index contributed by atoms with van der Waals surface area (Å²) in [4.78, 5) is 11.5. The van der Waals surface area contributed by atoms with E-state index >= 15 is 0 Å². The van der Waals surface area contributed by atoms with Crippen LogP contribution in [0.25, 0.3) is 0 Å². The highest BCUT2D eigenvalue weighted by Crippen LogP contribution is 2.19. The molecule has 1 amide bonds. The Morgan fingerprint density at radius 2 is 1.95 bits per heavy atom. The summed E-state index contributed by atoms with van der Waals surface area (Å²) in [7, 11) is 0. The standard InChI is InChI=1S/C12H12F3N3OS/c1-2-5-16-12(20)17-6-9(19)18-8-4-3-7(13)10(14)11(8)15/h2-4H,1,5-6H2,(H,18,19)(H2,16,17,20). The summed E-state index contributed by atoms with van der Waals surface area (Å²) >= 11 is 4.83. The minimum absolute atomic E-state index is 0.214. The van der Waals surface area contributed by atoms with Crippen molar-refractivity contribution in [3.8, 4) is 0 Å². The fourth-order valence-corrected chi connectivity index (χ4v) is 1.36. The van der Waals surface area contributed by atoms with Gasteiger partial charge in [-0.3, -0.25) is 4.79 Å². The molecule has 8 heteroatoms. The average molecular weight is 303 g/mol. The van der Waals surface area contributed by atoms with E-state index in [9.17, 15) is 18.0 Å². The van der Waals surface area contributed by atoms with E-state index in [1.54, 1.807) is 6.08 Å². The predicted octanol–water partition coefficient (Wildman–Crippen LogP) is 1.69. The summed E-state index contributed by atoms with van der Waals surface area (Å²) in [6.45, 7) is 3.65. The summed E-state index contributed by atoms with van der Waals surface area (Å²) < 4.78 is 38.9. The van der Waals surface area contributed by atoms with Crippen LogP contribution in [0.5, 0.6) is 0 Å². The van der Waals surface area contributed by atoms with Gasteiger partial charge in [-0.15, -0.1) is 6.58 Å². The lowest BCUT2D eigenvalue weighted by molar-refractivity contribution is -0.115. The number of benzene rings is 1. The quantitative estimate of drug-likeness (QED) is 0.440. The molecule has 0 aliphatic carbocycles. The van der Waals surface area contributed by atoms with Crippen molar-refractivity contribution in [2.75, 3.05) is 18.4 Å². The Bertz CT molecular complexity index is 537. The number of carbonyl (C=O) groups excluding carboxylic acids is 1. The van der Waals surface area contributed by atoms with E-state index < -0.39 is 29.0 Å². The maximum atomic E-state index is 13.3. The highest BCUT2D eigenvalue weighted by Gasteiger charge is 2.15. The molecule has 1 aromatic carbocycles. The Morgan fingerprint density at radius 1 is 1.25 bits per heavy atom. The Labute approximate surface area is 119 Å². The van der Waals surface area contributed by atoms with E-state index in [-0.39, 0.29) is 11.7 Å². The first-order valence-corrected chi connectivity index (χ1v) is 5.92. The molecular weight excluding hydrogens is 291 g/mol. The van der Waals surface area contributed by atoms with Crippen LogP contribution in [0.4, 0.5) is 18.9 Å². The molecule has 0 atom stereocenters. The molecular formula is C12H12F3N3OS. The number of anilines is 1. The molecule has 0 aliphatic heterocycles. The van der Waals surface area contributed by atoms with Crippen LogP contribution in [-0.4, -0.2) is 24.1 Å². The second kappa shape index (κ2) is 7.49. The van der Waals surface area contributed by atoms with E-state index in [1.807, 2.05) is 0 Å². The Hall–Kier alpha value is -2.09. The second-order valence-corrected chi connectivity index (χ2v) is 4.03. The summed E-state index contributed by atoms with van der Waals surface area (Å²) in [5.41, 5.74) is -0.444. The molecule has 0 saturated carbocycles. The lowest BCUT2D eigenvalue weighted by atomic mass is 10.2. The molecule has 1 aromatic rings. The van der Waals surface area contributed by atoms with Gasteiger partial charge in [0.05, 0.1) is 12.2 Å². The molecule has 0 bridgehead atoms. The third-order valence-electron chi connectivity index (χ3n) is 2.13. The van der Waals surface area contributed by atoms with Crippen LogP contribution in [0, 0.1) is 17.5 Å². The molecule has 0 radical (unpaired) electrons.